The average molecular weight is 189 g/mol. The number of carbonyl (C=O) groups excluding carboxylic acids is 1. The van der Waals surface area contributed by atoms with Gasteiger partial charge in [-0.05, 0) is 11.6 Å². The fourth-order valence-corrected chi connectivity index (χ4v) is 1.46. The lowest BCUT2D eigenvalue weighted by atomic mass is 10.2. The number of aromatic nitrogens is 1. The van der Waals surface area contributed by atoms with Crippen LogP contribution in [0, 0.1) is 0 Å². The van der Waals surface area contributed by atoms with Gasteiger partial charge in [-0.15, -0.1) is 0 Å². The number of aromatic amines is 1. The summed E-state index contributed by atoms with van der Waals surface area (Å²) in [7, 11) is 0. The number of carbonyl (C=O) groups is 1. The van der Waals surface area contributed by atoms with Crippen LogP contribution in [0.25, 0.3) is 10.9 Å². The number of rotatable bonds is 2. The van der Waals surface area contributed by atoms with Crippen LogP contribution in [0.1, 0.15) is 5.56 Å². The maximum atomic E-state index is 10.5. The molecule has 2 aromatic rings. The highest BCUT2D eigenvalue weighted by molar-refractivity contribution is 5.83. The lowest BCUT2D eigenvalue weighted by Crippen LogP contribution is -2.28. The first-order valence-electron chi connectivity index (χ1n) is 4.35. The Morgan fingerprint density at radius 2 is 2.21 bits per heavy atom. The molecule has 0 unspecified atom stereocenters. The fourth-order valence-electron chi connectivity index (χ4n) is 1.46. The molecule has 0 aliphatic heterocycles. The Hall–Kier alpha value is -1.97. The second-order valence-electron chi connectivity index (χ2n) is 3.08. The van der Waals surface area contributed by atoms with Crippen molar-refractivity contribution in [3.63, 3.8) is 0 Å². The number of hydrogen-bond donors (Lipinski definition) is 3. The molecule has 4 nitrogen and oxygen atoms in total. The van der Waals surface area contributed by atoms with E-state index in [0.29, 0.717) is 6.54 Å². The van der Waals surface area contributed by atoms with E-state index in [1.165, 1.54) is 0 Å². The molecule has 0 aliphatic rings. The molecule has 0 saturated carbocycles. The summed E-state index contributed by atoms with van der Waals surface area (Å²) < 4.78 is 0. The van der Waals surface area contributed by atoms with Crippen LogP contribution in [-0.2, 0) is 6.54 Å². The molecule has 0 atom stereocenters. The maximum absolute atomic E-state index is 10.5. The Bertz CT molecular complexity index is 461. The molecule has 4 N–H and O–H groups in total. The van der Waals surface area contributed by atoms with Crippen LogP contribution in [0.2, 0.25) is 0 Å². The number of amides is 2. The summed E-state index contributed by atoms with van der Waals surface area (Å²) in [5, 5.41) is 3.67. The van der Waals surface area contributed by atoms with Crippen LogP contribution in [0.3, 0.4) is 0 Å². The van der Waals surface area contributed by atoms with Gasteiger partial charge >= 0.3 is 6.03 Å². The van der Waals surface area contributed by atoms with Crippen molar-refractivity contribution in [3.05, 3.63) is 36.0 Å². The molecule has 0 bridgehead atoms. The largest absolute Gasteiger partial charge is 0.361 e. The third kappa shape index (κ3) is 1.54. The molecule has 72 valence electrons. The van der Waals surface area contributed by atoms with Crippen LogP contribution >= 0.6 is 0 Å². The Balaban J connectivity index is 2.29. The summed E-state index contributed by atoms with van der Waals surface area (Å²) in [5.41, 5.74) is 7.10. The minimum absolute atomic E-state index is 0.458. The molecular formula is C10H11N3O. The summed E-state index contributed by atoms with van der Waals surface area (Å²) in [5.74, 6) is 0. The molecule has 0 aliphatic carbocycles. The van der Waals surface area contributed by atoms with E-state index < -0.39 is 6.03 Å². The van der Waals surface area contributed by atoms with Gasteiger partial charge in [0.25, 0.3) is 0 Å². The first-order valence-corrected chi connectivity index (χ1v) is 4.35. The molecular weight excluding hydrogens is 178 g/mol. The van der Waals surface area contributed by atoms with E-state index in [9.17, 15) is 4.79 Å². The Morgan fingerprint density at radius 3 is 3.00 bits per heavy atom. The van der Waals surface area contributed by atoms with Crippen molar-refractivity contribution in [3.8, 4) is 0 Å². The predicted octanol–water partition coefficient (Wildman–Crippen LogP) is 1.34. The molecule has 0 fully saturated rings. The number of para-hydroxylation sites is 1. The number of fused-ring (bicyclic) bond motifs is 1. The smallest absolute Gasteiger partial charge is 0.312 e. The van der Waals surface area contributed by atoms with Crippen molar-refractivity contribution in [1.29, 1.82) is 0 Å². The zero-order valence-electron chi connectivity index (χ0n) is 7.58. The van der Waals surface area contributed by atoms with E-state index in [2.05, 4.69) is 10.3 Å². The van der Waals surface area contributed by atoms with Gasteiger partial charge in [0.05, 0.1) is 0 Å². The molecule has 14 heavy (non-hydrogen) atoms. The van der Waals surface area contributed by atoms with Crippen LogP contribution in [0.15, 0.2) is 30.5 Å². The summed E-state index contributed by atoms with van der Waals surface area (Å²) in [6, 6.07) is 7.41. The highest BCUT2D eigenvalue weighted by Crippen LogP contribution is 2.16. The van der Waals surface area contributed by atoms with Gasteiger partial charge in [-0.25, -0.2) is 4.79 Å². The van der Waals surface area contributed by atoms with E-state index >= 15 is 0 Å². The van der Waals surface area contributed by atoms with E-state index in [-0.39, 0.29) is 0 Å². The van der Waals surface area contributed by atoms with E-state index in [1.807, 2.05) is 30.5 Å². The van der Waals surface area contributed by atoms with Crippen LogP contribution in [0.5, 0.6) is 0 Å². The normalized spacial score (nSPS) is 10.3. The SMILES string of the molecule is NC(=O)NCc1c[nH]c2ccccc12. The van der Waals surface area contributed by atoms with E-state index in [4.69, 9.17) is 5.73 Å². The lowest BCUT2D eigenvalue weighted by molar-refractivity contribution is 0.248. The van der Waals surface area contributed by atoms with Gasteiger partial charge in [0.2, 0.25) is 0 Å². The van der Waals surface area contributed by atoms with Gasteiger partial charge < -0.3 is 16.0 Å². The van der Waals surface area contributed by atoms with Crippen molar-refractivity contribution in [2.45, 2.75) is 6.54 Å². The number of urea groups is 1. The fraction of sp³-hybridized carbons (Fsp3) is 0.100. The molecule has 2 amide bonds. The molecule has 0 spiro atoms. The van der Waals surface area contributed by atoms with Gasteiger partial charge in [0, 0.05) is 23.6 Å². The Morgan fingerprint density at radius 1 is 1.43 bits per heavy atom. The molecule has 0 saturated heterocycles. The highest BCUT2D eigenvalue weighted by atomic mass is 16.2. The standard InChI is InChI=1S/C10H11N3O/c11-10(14)13-6-7-5-12-9-4-2-1-3-8(7)9/h1-5,12H,6H2,(H3,11,13,14). The second kappa shape index (κ2) is 3.41. The van der Waals surface area contributed by atoms with Crippen molar-refractivity contribution in [2.75, 3.05) is 0 Å². The number of H-pyrrole nitrogens is 1. The summed E-state index contributed by atoms with van der Waals surface area (Å²) in [6.45, 7) is 0.458. The molecule has 1 aromatic carbocycles. The zero-order chi connectivity index (χ0) is 9.97. The Kier molecular flexibility index (Phi) is 2.10. The van der Waals surface area contributed by atoms with Gasteiger partial charge in [-0.3, -0.25) is 0 Å². The van der Waals surface area contributed by atoms with Crippen molar-refractivity contribution >= 4 is 16.9 Å². The third-order valence-corrected chi connectivity index (χ3v) is 2.13. The monoisotopic (exact) mass is 189 g/mol. The predicted molar refractivity (Wildman–Crippen MR) is 54.7 cm³/mol. The van der Waals surface area contributed by atoms with Gasteiger partial charge in [0.15, 0.2) is 0 Å². The van der Waals surface area contributed by atoms with Crippen LogP contribution < -0.4 is 11.1 Å². The molecule has 4 heteroatoms. The van der Waals surface area contributed by atoms with Crippen molar-refractivity contribution in [1.82, 2.24) is 10.3 Å². The summed E-state index contributed by atoms with van der Waals surface area (Å²) in [4.78, 5) is 13.7. The van der Waals surface area contributed by atoms with Crippen LogP contribution in [0.4, 0.5) is 4.79 Å². The van der Waals surface area contributed by atoms with Crippen LogP contribution in [-0.4, -0.2) is 11.0 Å². The highest BCUT2D eigenvalue weighted by Gasteiger charge is 2.02. The quantitative estimate of drug-likeness (QED) is 0.655. The second-order valence-corrected chi connectivity index (χ2v) is 3.08. The first-order chi connectivity index (χ1) is 6.77. The summed E-state index contributed by atoms with van der Waals surface area (Å²) in [6.07, 6.45) is 1.88. The average Bonchev–Trinajstić information content (AvgIpc) is 2.58. The van der Waals surface area contributed by atoms with Crippen molar-refractivity contribution < 1.29 is 4.79 Å². The zero-order valence-corrected chi connectivity index (χ0v) is 7.58. The van der Waals surface area contributed by atoms with Gasteiger partial charge in [-0.1, -0.05) is 18.2 Å². The Labute approximate surface area is 81.1 Å². The third-order valence-electron chi connectivity index (χ3n) is 2.13. The minimum atomic E-state index is -0.504. The van der Waals surface area contributed by atoms with E-state index in [1.54, 1.807) is 0 Å². The molecule has 1 heterocycles. The van der Waals surface area contributed by atoms with Gasteiger partial charge in [-0.2, -0.15) is 0 Å². The number of hydrogen-bond acceptors (Lipinski definition) is 1. The maximum Gasteiger partial charge on any atom is 0.312 e. The number of primary amides is 1. The topological polar surface area (TPSA) is 70.9 Å². The number of nitrogens with one attached hydrogen (secondary N) is 2. The summed E-state index contributed by atoms with van der Waals surface area (Å²) >= 11 is 0. The molecule has 1 aromatic heterocycles. The lowest BCUT2D eigenvalue weighted by Gasteiger charge is -1.99. The number of nitrogens with two attached hydrogens (primary N) is 1. The first kappa shape index (κ1) is 8.62. The molecule has 2 rings (SSSR count). The molecule has 0 radical (unpaired) electrons. The van der Waals surface area contributed by atoms with E-state index in [0.717, 1.165) is 16.5 Å². The number of benzene rings is 1. The van der Waals surface area contributed by atoms with Gasteiger partial charge in [0.1, 0.15) is 0 Å². The van der Waals surface area contributed by atoms with Crippen molar-refractivity contribution in [2.24, 2.45) is 5.73 Å². The minimum Gasteiger partial charge on any atom is -0.361 e.